The molecule has 0 unspecified atom stereocenters. The van der Waals surface area contributed by atoms with Crippen molar-refractivity contribution in [1.82, 2.24) is 5.32 Å². The topological polar surface area (TPSA) is 84.9 Å². The van der Waals surface area contributed by atoms with E-state index in [2.05, 4.69) is 10.1 Å². The molecule has 0 fully saturated rings. The van der Waals surface area contributed by atoms with Gasteiger partial charge in [-0.25, -0.2) is 4.79 Å². The summed E-state index contributed by atoms with van der Waals surface area (Å²) >= 11 is 0. The average molecular weight is 489 g/mol. The van der Waals surface area contributed by atoms with E-state index in [1.165, 1.54) is 24.3 Å². The molecule has 9 heteroatoms. The lowest BCUT2D eigenvalue weighted by Gasteiger charge is -2.28. The van der Waals surface area contributed by atoms with E-state index in [-0.39, 0.29) is 23.7 Å². The molecule has 0 saturated heterocycles. The fourth-order valence-corrected chi connectivity index (χ4v) is 3.54. The lowest BCUT2D eigenvalue weighted by atomic mass is 9.86. The molecule has 3 aromatic rings. The van der Waals surface area contributed by atoms with Gasteiger partial charge in [-0.3, -0.25) is 4.79 Å². The summed E-state index contributed by atoms with van der Waals surface area (Å²) in [6.07, 6.45) is -4.79. The van der Waals surface area contributed by atoms with Gasteiger partial charge in [0, 0.05) is 5.39 Å². The fraction of sp³-hybridized carbons (Fsp3) is 0.308. The van der Waals surface area contributed by atoms with Gasteiger partial charge in [-0.1, -0.05) is 56.7 Å². The lowest BCUT2D eigenvalue weighted by Crippen LogP contribution is -2.49. The number of nitrogens with one attached hydrogen (secondary N) is 1. The zero-order valence-corrected chi connectivity index (χ0v) is 19.7. The van der Waals surface area contributed by atoms with E-state index < -0.39 is 29.7 Å². The van der Waals surface area contributed by atoms with Crippen LogP contribution in [0.1, 0.15) is 42.3 Å². The number of carboxylic acids is 1. The van der Waals surface area contributed by atoms with Crippen molar-refractivity contribution in [3.63, 3.8) is 0 Å². The number of hydrogen-bond donors (Lipinski definition) is 2. The van der Waals surface area contributed by atoms with Crippen molar-refractivity contribution in [3.05, 3.63) is 71.3 Å². The maximum atomic E-state index is 13.2. The molecule has 1 amide bonds. The Balaban J connectivity index is 1.94. The van der Waals surface area contributed by atoms with Gasteiger partial charge < -0.3 is 19.9 Å². The Kier molecular flexibility index (Phi) is 7.28. The number of halogens is 3. The standard InChI is InChI=1S/C26H26F3NO5/c1-15-5-8-17-9-12-19(23(31)30-22(24(32)33)25(2,3)4)21(20(17)13-15)34-14-16-6-10-18(11-7-16)35-26(27,28)29/h5-13,22H,14H2,1-4H3,(H,30,31)(H,32,33)/t22-/m0/s1. The number of benzene rings is 3. The summed E-state index contributed by atoms with van der Waals surface area (Å²) < 4.78 is 47.1. The van der Waals surface area contributed by atoms with E-state index in [9.17, 15) is 27.9 Å². The molecule has 3 rings (SSSR count). The Morgan fingerprint density at radius 1 is 1.00 bits per heavy atom. The summed E-state index contributed by atoms with van der Waals surface area (Å²) in [5.74, 6) is -1.88. The van der Waals surface area contributed by atoms with Crippen LogP contribution in [0, 0.1) is 12.3 Å². The Labute approximate surface area is 200 Å². The van der Waals surface area contributed by atoms with Gasteiger partial charge in [0.25, 0.3) is 5.91 Å². The first kappa shape index (κ1) is 25.9. The summed E-state index contributed by atoms with van der Waals surface area (Å²) in [7, 11) is 0. The number of carboxylic acid groups (broad SMARTS) is 1. The number of fused-ring (bicyclic) bond motifs is 1. The van der Waals surface area contributed by atoms with Crippen LogP contribution in [-0.4, -0.2) is 29.4 Å². The van der Waals surface area contributed by atoms with Gasteiger partial charge in [0.05, 0.1) is 5.56 Å². The number of hydrogen-bond acceptors (Lipinski definition) is 4. The van der Waals surface area contributed by atoms with E-state index in [0.29, 0.717) is 10.9 Å². The van der Waals surface area contributed by atoms with Crippen LogP contribution in [0.2, 0.25) is 0 Å². The highest BCUT2D eigenvalue weighted by atomic mass is 19.4. The molecule has 35 heavy (non-hydrogen) atoms. The van der Waals surface area contributed by atoms with Crippen molar-refractivity contribution in [1.29, 1.82) is 0 Å². The number of carbonyl (C=O) groups is 2. The minimum absolute atomic E-state index is 0.0404. The highest BCUT2D eigenvalue weighted by Crippen LogP contribution is 2.33. The minimum Gasteiger partial charge on any atom is -0.487 e. The van der Waals surface area contributed by atoms with Crippen molar-refractivity contribution in [3.8, 4) is 11.5 Å². The first-order chi connectivity index (χ1) is 16.2. The monoisotopic (exact) mass is 489 g/mol. The van der Waals surface area contributed by atoms with E-state index in [1.54, 1.807) is 32.9 Å². The molecule has 186 valence electrons. The van der Waals surface area contributed by atoms with Crippen LogP contribution in [0.4, 0.5) is 13.2 Å². The molecule has 0 saturated carbocycles. The van der Waals surface area contributed by atoms with Crippen molar-refractivity contribution < 1.29 is 37.3 Å². The van der Waals surface area contributed by atoms with Crippen molar-refractivity contribution in [2.75, 3.05) is 0 Å². The third-order valence-electron chi connectivity index (χ3n) is 5.30. The number of carbonyl (C=O) groups excluding carboxylic acids is 1. The summed E-state index contributed by atoms with van der Waals surface area (Å²) in [5.41, 5.74) is 0.881. The van der Waals surface area contributed by atoms with Gasteiger partial charge in [0.1, 0.15) is 24.1 Å². The van der Waals surface area contributed by atoms with E-state index in [0.717, 1.165) is 10.9 Å². The number of alkyl halides is 3. The van der Waals surface area contributed by atoms with Gasteiger partial charge in [-0.05, 0) is 47.6 Å². The highest BCUT2D eigenvalue weighted by Gasteiger charge is 2.34. The molecule has 6 nitrogen and oxygen atoms in total. The van der Waals surface area contributed by atoms with Crippen LogP contribution in [0.15, 0.2) is 54.6 Å². The highest BCUT2D eigenvalue weighted by molar-refractivity contribution is 6.05. The molecular weight excluding hydrogens is 463 g/mol. The number of aryl methyl sites for hydroxylation is 1. The molecule has 1 atom stereocenters. The van der Waals surface area contributed by atoms with Gasteiger partial charge >= 0.3 is 12.3 Å². The number of aliphatic carboxylic acids is 1. The first-order valence-electron chi connectivity index (χ1n) is 10.8. The normalized spacial score (nSPS) is 12.8. The van der Waals surface area contributed by atoms with Gasteiger partial charge in [0.2, 0.25) is 0 Å². The van der Waals surface area contributed by atoms with E-state index in [4.69, 9.17) is 4.74 Å². The molecule has 0 bridgehead atoms. The van der Waals surface area contributed by atoms with E-state index >= 15 is 0 Å². The Morgan fingerprint density at radius 2 is 1.63 bits per heavy atom. The number of ether oxygens (including phenoxy) is 2. The molecular formula is C26H26F3NO5. The summed E-state index contributed by atoms with van der Waals surface area (Å²) in [6.45, 7) is 6.97. The van der Waals surface area contributed by atoms with Crippen molar-refractivity contribution >= 4 is 22.6 Å². The molecule has 3 aromatic carbocycles. The molecule has 0 aliphatic carbocycles. The number of rotatable bonds is 7. The minimum atomic E-state index is -4.79. The third kappa shape index (κ3) is 6.65. The molecule has 0 aromatic heterocycles. The second-order valence-corrected chi connectivity index (χ2v) is 9.26. The van der Waals surface area contributed by atoms with Crippen molar-refractivity contribution in [2.24, 2.45) is 5.41 Å². The first-order valence-corrected chi connectivity index (χ1v) is 10.8. The van der Waals surface area contributed by atoms with Crippen molar-refractivity contribution in [2.45, 2.75) is 46.7 Å². The Morgan fingerprint density at radius 3 is 2.20 bits per heavy atom. The average Bonchev–Trinajstić information content (AvgIpc) is 2.74. The largest absolute Gasteiger partial charge is 0.573 e. The number of amides is 1. The smallest absolute Gasteiger partial charge is 0.487 e. The van der Waals surface area contributed by atoms with Crippen LogP contribution in [0.25, 0.3) is 10.8 Å². The third-order valence-corrected chi connectivity index (χ3v) is 5.30. The summed E-state index contributed by atoms with van der Waals surface area (Å²) in [4.78, 5) is 24.9. The quantitative estimate of drug-likeness (QED) is 0.435. The Hall–Kier alpha value is -3.75. The lowest BCUT2D eigenvalue weighted by molar-refractivity contribution is -0.274. The fourth-order valence-electron chi connectivity index (χ4n) is 3.54. The second kappa shape index (κ2) is 9.85. The van der Waals surface area contributed by atoms with E-state index in [1.807, 2.05) is 25.1 Å². The van der Waals surface area contributed by atoms with Crippen LogP contribution < -0.4 is 14.8 Å². The molecule has 0 heterocycles. The maximum absolute atomic E-state index is 13.2. The zero-order valence-electron chi connectivity index (χ0n) is 19.7. The zero-order chi connectivity index (χ0) is 26.0. The molecule has 0 aliphatic rings. The molecule has 0 spiro atoms. The molecule has 2 N–H and O–H groups in total. The summed E-state index contributed by atoms with van der Waals surface area (Å²) in [6, 6.07) is 13.0. The van der Waals surface area contributed by atoms with Crippen LogP contribution in [0.5, 0.6) is 11.5 Å². The SMILES string of the molecule is Cc1ccc2ccc(C(=O)N[C@@H](C(=O)O)C(C)(C)C)c(OCc3ccc(OC(F)(F)F)cc3)c2c1. The van der Waals surface area contributed by atoms with Crippen LogP contribution in [0.3, 0.4) is 0 Å². The molecule has 0 aliphatic heterocycles. The second-order valence-electron chi connectivity index (χ2n) is 9.26. The maximum Gasteiger partial charge on any atom is 0.573 e. The molecule has 0 radical (unpaired) electrons. The Bertz CT molecular complexity index is 1230. The van der Waals surface area contributed by atoms with Gasteiger partial charge in [-0.2, -0.15) is 0 Å². The van der Waals surface area contributed by atoms with Gasteiger partial charge in [0.15, 0.2) is 0 Å². The van der Waals surface area contributed by atoms with Gasteiger partial charge in [-0.15, -0.1) is 13.2 Å². The predicted molar refractivity (Wildman–Crippen MR) is 124 cm³/mol. The van der Waals surface area contributed by atoms with Crippen LogP contribution >= 0.6 is 0 Å². The summed E-state index contributed by atoms with van der Waals surface area (Å²) in [5, 5.41) is 13.6. The van der Waals surface area contributed by atoms with Crippen LogP contribution in [-0.2, 0) is 11.4 Å². The predicted octanol–water partition coefficient (Wildman–Crippen LogP) is 5.85.